The first-order valence-corrected chi connectivity index (χ1v) is 11.5. The molecule has 8 N–H and O–H groups in total. The number of nitrogens with two attached hydrogens (primary N) is 4. The average molecular weight is 469 g/mol. The van der Waals surface area contributed by atoms with Gasteiger partial charge in [0.25, 0.3) is 0 Å². The molecule has 0 aromatic heterocycles. The minimum atomic E-state index is -4.22. The molecule has 2 aliphatic rings. The molecule has 2 aliphatic carbocycles. The maximum atomic E-state index is 11.8. The molecule has 0 bridgehead atoms. The van der Waals surface area contributed by atoms with Crippen molar-refractivity contribution < 1.29 is 16.8 Å². The van der Waals surface area contributed by atoms with Gasteiger partial charge in [-0.15, -0.1) is 0 Å². The Labute approximate surface area is 194 Å². The minimum Gasteiger partial charge on any atom is -0.307 e. The highest BCUT2D eigenvalue weighted by Gasteiger charge is 2.26. The summed E-state index contributed by atoms with van der Waals surface area (Å²) >= 11 is 0. The lowest BCUT2D eigenvalue weighted by Gasteiger charge is -2.23. The molecule has 8 nitrogen and oxygen atoms in total. The Morgan fingerprint density at radius 2 is 0.879 bits per heavy atom. The third-order valence-corrected chi connectivity index (χ3v) is 5.55. The van der Waals surface area contributed by atoms with Crippen molar-refractivity contribution in [2.45, 2.75) is 23.5 Å². The molecule has 0 atom stereocenters. The van der Waals surface area contributed by atoms with E-state index in [-0.39, 0.29) is 0 Å². The third-order valence-electron chi connectivity index (χ3n) is 4.64. The molecule has 0 radical (unpaired) electrons. The van der Waals surface area contributed by atoms with Gasteiger partial charge in [0.05, 0.1) is 0 Å². The zero-order valence-corrected chi connectivity index (χ0v) is 18.7. The zero-order valence-electron chi connectivity index (χ0n) is 17.9. The van der Waals surface area contributed by atoms with E-state index in [0.717, 1.165) is 0 Å². The van der Waals surface area contributed by atoms with Crippen LogP contribution < -0.4 is 22.9 Å². The predicted octanol–water partition coefficient (Wildman–Crippen LogP) is 1.83. The third kappa shape index (κ3) is 8.19. The standard InChI is InChI=1S/C12H18N4O4S.C12H10/c13-11(14)5-1-9(2-6-11)19-21(17,18)20-10-3-7-12(15,16)8-4-10;1-3-7-11(8-4-1)12-9-5-2-6-10-12/h1-10H,13-16H2;1-10H. The molecule has 0 saturated heterocycles. The van der Waals surface area contributed by atoms with Gasteiger partial charge >= 0.3 is 10.4 Å². The van der Waals surface area contributed by atoms with Crippen molar-refractivity contribution in [2.24, 2.45) is 22.9 Å². The lowest BCUT2D eigenvalue weighted by Crippen LogP contribution is -2.47. The summed E-state index contributed by atoms with van der Waals surface area (Å²) < 4.78 is 33.3. The van der Waals surface area contributed by atoms with Crippen LogP contribution in [0.25, 0.3) is 11.1 Å². The first-order valence-electron chi connectivity index (χ1n) is 10.2. The van der Waals surface area contributed by atoms with Gasteiger partial charge in [0.15, 0.2) is 0 Å². The summed E-state index contributed by atoms with van der Waals surface area (Å²) in [6.07, 6.45) is 9.81. The van der Waals surface area contributed by atoms with Crippen LogP contribution in [0.2, 0.25) is 0 Å². The molecule has 0 heterocycles. The molecule has 2 aromatic rings. The van der Waals surface area contributed by atoms with Crippen molar-refractivity contribution >= 4 is 10.4 Å². The Morgan fingerprint density at radius 3 is 1.18 bits per heavy atom. The lowest BCUT2D eigenvalue weighted by molar-refractivity contribution is 0.192. The summed E-state index contributed by atoms with van der Waals surface area (Å²) in [6, 6.07) is 20.8. The Bertz CT molecular complexity index is 1020. The van der Waals surface area contributed by atoms with Crippen LogP contribution in [0.4, 0.5) is 0 Å². The second-order valence-electron chi connectivity index (χ2n) is 7.70. The van der Waals surface area contributed by atoms with Crippen LogP contribution >= 0.6 is 0 Å². The first-order chi connectivity index (χ1) is 15.5. The molecule has 0 spiro atoms. The van der Waals surface area contributed by atoms with Crippen LogP contribution in [0, 0.1) is 0 Å². The Balaban J connectivity index is 0.000000215. The molecule has 174 valence electrons. The SMILES string of the molecule is NC1(N)C=CC(OS(=O)(=O)OC2C=CC(N)(N)C=C2)C=C1.c1ccc(-c2ccccc2)cc1. The van der Waals surface area contributed by atoms with Crippen LogP contribution in [0.5, 0.6) is 0 Å². The van der Waals surface area contributed by atoms with Crippen molar-refractivity contribution in [1.29, 1.82) is 0 Å². The predicted molar refractivity (Wildman–Crippen MR) is 129 cm³/mol. The number of rotatable bonds is 5. The lowest BCUT2D eigenvalue weighted by atomic mass is 10.0. The molecule has 33 heavy (non-hydrogen) atoms. The molecule has 0 amide bonds. The van der Waals surface area contributed by atoms with Gasteiger partial charge in [0, 0.05) is 0 Å². The van der Waals surface area contributed by atoms with Gasteiger partial charge < -0.3 is 22.9 Å². The Kier molecular flexibility index (Phi) is 7.77. The number of hydrogen-bond donors (Lipinski definition) is 4. The fraction of sp³-hybridized carbons (Fsp3) is 0.167. The van der Waals surface area contributed by atoms with E-state index >= 15 is 0 Å². The van der Waals surface area contributed by atoms with E-state index in [0.29, 0.717) is 0 Å². The molecular formula is C24H28N4O4S. The van der Waals surface area contributed by atoms with E-state index in [9.17, 15) is 8.42 Å². The summed E-state index contributed by atoms with van der Waals surface area (Å²) in [5.41, 5.74) is 22.8. The number of benzene rings is 2. The Hall–Kier alpha value is -2.89. The summed E-state index contributed by atoms with van der Waals surface area (Å²) in [7, 11) is -4.22. The average Bonchev–Trinajstić information content (AvgIpc) is 2.78. The van der Waals surface area contributed by atoms with Crippen molar-refractivity contribution in [3.8, 4) is 11.1 Å². The fourth-order valence-corrected chi connectivity index (χ4v) is 3.82. The molecule has 0 aliphatic heterocycles. The van der Waals surface area contributed by atoms with Crippen molar-refractivity contribution in [3.05, 3.63) is 109 Å². The van der Waals surface area contributed by atoms with E-state index in [1.807, 2.05) is 12.1 Å². The summed E-state index contributed by atoms with van der Waals surface area (Å²) in [5, 5.41) is 0. The maximum Gasteiger partial charge on any atom is 0.401 e. The van der Waals surface area contributed by atoms with Gasteiger partial charge in [-0.2, -0.15) is 8.42 Å². The Morgan fingerprint density at radius 1 is 0.576 bits per heavy atom. The monoisotopic (exact) mass is 468 g/mol. The molecule has 0 fully saturated rings. The van der Waals surface area contributed by atoms with Crippen LogP contribution in [0.3, 0.4) is 0 Å². The minimum absolute atomic E-state index is 0.824. The van der Waals surface area contributed by atoms with Crippen LogP contribution in [-0.4, -0.2) is 32.0 Å². The quantitative estimate of drug-likeness (QED) is 0.382. The van der Waals surface area contributed by atoms with Gasteiger partial charge in [-0.1, -0.05) is 85.0 Å². The smallest absolute Gasteiger partial charge is 0.307 e. The molecule has 0 unspecified atom stereocenters. The second kappa shape index (κ2) is 10.4. The van der Waals surface area contributed by atoms with Gasteiger partial charge in [-0.3, -0.25) is 0 Å². The van der Waals surface area contributed by atoms with E-state index in [1.54, 1.807) is 0 Å². The first kappa shape index (κ1) is 24.7. The van der Waals surface area contributed by atoms with E-state index in [1.165, 1.54) is 59.7 Å². The van der Waals surface area contributed by atoms with Crippen LogP contribution in [0.1, 0.15) is 0 Å². The second-order valence-corrected chi connectivity index (χ2v) is 8.90. The van der Waals surface area contributed by atoms with Gasteiger partial charge in [0.1, 0.15) is 23.5 Å². The van der Waals surface area contributed by atoms with E-state index < -0.39 is 33.9 Å². The van der Waals surface area contributed by atoms with Gasteiger partial charge in [-0.05, 0) is 35.4 Å². The number of hydrogen-bond acceptors (Lipinski definition) is 8. The topological polar surface area (TPSA) is 157 Å². The van der Waals surface area contributed by atoms with E-state index in [2.05, 4.69) is 48.5 Å². The molecule has 4 rings (SSSR count). The van der Waals surface area contributed by atoms with Gasteiger partial charge in [0.2, 0.25) is 0 Å². The van der Waals surface area contributed by atoms with Crippen LogP contribution in [0.15, 0.2) is 109 Å². The summed E-state index contributed by atoms with van der Waals surface area (Å²) in [6.45, 7) is 0. The highest BCUT2D eigenvalue weighted by molar-refractivity contribution is 7.81. The zero-order chi connectivity index (χ0) is 24.0. The van der Waals surface area contributed by atoms with Crippen LogP contribution in [-0.2, 0) is 18.8 Å². The summed E-state index contributed by atoms with van der Waals surface area (Å²) in [5.74, 6) is 0. The fourth-order valence-electron chi connectivity index (χ4n) is 2.97. The maximum absolute atomic E-state index is 11.8. The summed E-state index contributed by atoms with van der Waals surface area (Å²) in [4.78, 5) is 0. The van der Waals surface area contributed by atoms with Crippen molar-refractivity contribution in [1.82, 2.24) is 0 Å². The molecule has 9 heteroatoms. The van der Waals surface area contributed by atoms with Crippen molar-refractivity contribution in [3.63, 3.8) is 0 Å². The highest BCUT2D eigenvalue weighted by Crippen LogP contribution is 2.18. The highest BCUT2D eigenvalue weighted by atomic mass is 32.3. The van der Waals surface area contributed by atoms with Gasteiger partial charge in [-0.25, -0.2) is 8.37 Å². The van der Waals surface area contributed by atoms with E-state index in [4.69, 9.17) is 31.3 Å². The normalized spacial score (nSPS) is 19.2. The van der Waals surface area contributed by atoms with Crippen molar-refractivity contribution in [2.75, 3.05) is 0 Å². The molecule has 2 aromatic carbocycles. The largest absolute Gasteiger partial charge is 0.401 e. The molecular weight excluding hydrogens is 440 g/mol. The molecule has 0 saturated carbocycles.